The molecule has 0 saturated heterocycles. The summed E-state index contributed by atoms with van der Waals surface area (Å²) >= 11 is 0. The molecule has 4 nitrogen and oxygen atoms in total. The molecule has 0 atom stereocenters. The van der Waals surface area contributed by atoms with Crippen LogP contribution in [0, 0.1) is 13.8 Å². The van der Waals surface area contributed by atoms with E-state index in [1.807, 2.05) is 26.0 Å². The van der Waals surface area contributed by atoms with Crippen LogP contribution in [0.1, 0.15) is 22.3 Å². The molecule has 0 aliphatic rings. The van der Waals surface area contributed by atoms with E-state index in [0.29, 0.717) is 29.0 Å². The van der Waals surface area contributed by atoms with Crippen molar-refractivity contribution in [3.05, 3.63) is 46.5 Å². The van der Waals surface area contributed by atoms with E-state index in [1.54, 1.807) is 12.1 Å². The van der Waals surface area contributed by atoms with Crippen LogP contribution in [0.5, 0.6) is 23.0 Å². The molecule has 2 aromatic rings. The van der Waals surface area contributed by atoms with E-state index in [-0.39, 0.29) is 11.5 Å². The van der Waals surface area contributed by atoms with Crippen LogP contribution in [0.15, 0.2) is 24.3 Å². The smallest absolute Gasteiger partial charge is 0.161 e. The Morgan fingerprint density at radius 2 is 1.14 bits per heavy atom. The minimum Gasteiger partial charge on any atom is -0.504 e. The summed E-state index contributed by atoms with van der Waals surface area (Å²) in [7, 11) is 3.04. The van der Waals surface area contributed by atoms with Crippen molar-refractivity contribution in [2.24, 2.45) is 0 Å². The Hall–Kier alpha value is -2.36. The second kappa shape index (κ2) is 5.95. The molecule has 4 heteroatoms. The second-order valence-corrected chi connectivity index (χ2v) is 5.13. The van der Waals surface area contributed by atoms with Gasteiger partial charge < -0.3 is 19.7 Å². The van der Waals surface area contributed by atoms with Crippen molar-refractivity contribution in [1.82, 2.24) is 0 Å². The van der Waals surface area contributed by atoms with Gasteiger partial charge in [-0.05, 0) is 37.1 Å². The maximum absolute atomic E-state index is 10.2. The molecule has 2 rings (SSSR count). The Labute approximate surface area is 124 Å². The number of phenols is 2. The van der Waals surface area contributed by atoms with E-state index >= 15 is 0 Å². The molecule has 0 heterocycles. The van der Waals surface area contributed by atoms with E-state index < -0.39 is 0 Å². The third kappa shape index (κ3) is 3.05. The topological polar surface area (TPSA) is 58.9 Å². The highest BCUT2D eigenvalue weighted by Crippen LogP contribution is 2.37. The van der Waals surface area contributed by atoms with Crippen LogP contribution in [0.25, 0.3) is 0 Å². The van der Waals surface area contributed by atoms with Crippen LogP contribution in [0.4, 0.5) is 0 Å². The fourth-order valence-electron chi connectivity index (χ4n) is 2.42. The number of methoxy groups -OCH3 is 2. The van der Waals surface area contributed by atoms with E-state index in [9.17, 15) is 10.2 Å². The average molecular weight is 288 g/mol. The van der Waals surface area contributed by atoms with Gasteiger partial charge >= 0.3 is 0 Å². The second-order valence-electron chi connectivity index (χ2n) is 5.13. The molecular weight excluding hydrogens is 268 g/mol. The largest absolute Gasteiger partial charge is 0.504 e. The summed E-state index contributed by atoms with van der Waals surface area (Å²) in [6, 6.07) is 7.31. The van der Waals surface area contributed by atoms with Crippen molar-refractivity contribution in [1.29, 1.82) is 0 Å². The molecule has 21 heavy (non-hydrogen) atoms. The van der Waals surface area contributed by atoms with Crippen LogP contribution in [-0.4, -0.2) is 24.4 Å². The van der Waals surface area contributed by atoms with Gasteiger partial charge in [0.15, 0.2) is 23.0 Å². The third-order valence-corrected chi connectivity index (χ3v) is 3.42. The zero-order valence-electron chi connectivity index (χ0n) is 12.7. The van der Waals surface area contributed by atoms with Gasteiger partial charge in [0.05, 0.1) is 14.2 Å². The van der Waals surface area contributed by atoms with Crippen molar-refractivity contribution in [2.45, 2.75) is 20.3 Å². The van der Waals surface area contributed by atoms with Crippen molar-refractivity contribution in [3.8, 4) is 23.0 Å². The lowest BCUT2D eigenvalue weighted by molar-refractivity contribution is 0.367. The number of hydrogen-bond acceptors (Lipinski definition) is 4. The first-order valence-corrected chi connectivity index (χ1v) is 6.69. The highest BCUT2D eigenvalue weighted by Gasteiger charge is 2.14. The Morgan fingerprint density at radius 1 is 0.762 bits per heavy atom. The number of benzene rings is 2. The number of aryl methyl sites for hydroxylation is 2. The van der Waals surface area contributed by atoms with Gasteiger partial charge in [-0.25, -0.2) is 0 Å². The summed E-state index contributed by atoms with van der Waals surface area (Å²) in [5.74, 6) is 1.07. The first-order chi connectivity index (χ1) is 9.96. The lowest BCUT2D eigenvalue weighted by Crippen LogP contribution is -1.96. The average Bonchev–Trinajstić information content (AvgIpc) is 2.45. The molecule has 0 aliphatic carbocycles. The fourth-order valence-corrected chi connectivity index (χ4v) is 2.42. The van der Waals surface area contributed by atoms with Crippen molar-refractivity contribution in [2.75, 3.05) is 14.2 Å². The van der Waals surface area contributed by atoms with E-state index in [4.69, 9.17) is 9.47 Å². The Kier molecular flexibility index (Phi) is 4.26. The molecule has 0 fully saturated rings. The highest BCUT2D eigenvalue weighted by atomic mass is 16.5. The summed E-state index contributed by atoms with van der Waals surface area (Å²) < 4.78 is 10.3. The predicted octanol–water partition coefficient (Wildman–Crippen LogP) is 3.32. The van der Waals surface area contributed by atoms with E-state index in [0.717, 1.165) is 11.1 Å². The number of rotatable bonds is 4. The van der Waals surface area contributed by atoms with E-state index in [1.165, 1.54) is 14.2 Å². The molecule has 0 aromatic heterocycles. The minimum atomic E-state index is 0.1000. The summed E-state index contributed by atoms with van der Waals surface area (Å²) in [4.78, 5) is 0. The molecule has 112 valence electrons. The van der Waals surface area contributed by atoms with Crippen molar-refractivity contribution in [3.63, 3.8) is 0 Å². The summed E-state index contributed by atoms with van der Waals surface area (Å²) in [5.41, 5.74) is 3.38. The Morgan fingerprint density at radius 3 is 1.48 bits per heavy atom. The maximum Gasteiger partial charge on any atom is 0.161 e. The SMILES string of the molecule is COc1cc(C)cc(Cc2cc(C)cc(OC)c2O)c1O. The van der Waals surface area contributed by atoms with Crippen LogP contribution in [0.3, 0.4) is 0 Å². The van der Waals surface area contributed by atoms with Crippen LogP contribution in [0.2, 0.25) is 0 Å². The van der Waals surface area contributed by atoms with Gasteiger partial charge in [0.1, 0.15) is 0 Å². The maximum atomic E-state index is 10.2. The number of hydrogen-bond donors (Lipinski definition) is 2. The van der Waals surface area contributed by atoms with Gasteiger partial charge in [-0.2, -0.15) is 0 Å². The predicted molar refractivity (Wildman–Crippen MR) is 81.6 cm³/mol. The fraction of sp³-hybridized carbons (Fsp3) is 0.294. The van der Waals surface area contributed by atoms with Crippen LogP contribution < -0.4 is 9.47 Å². The lowest BCUT2D eigenvalue weighted by atomic mass is 9.99. The van der Waals surface area contributed by atoms with Crippen molar-refractivity contribution >= 4 is 0 Å². The lowest BCUT2D eigenvalue weighted by Gasteiger charge is -2.13. The summed E-state index contributed by atoms with van der Waals surface area (Å²) in [5, 5.41) is 20.4. The third-order valence-electron chi connectivity index (χ3n) is 3.42. The van der Waals surface area contributed by atoms with Gasteiger partial charge in [-0.1, -0.05) is 12.1 Å². The van der Waals surface area contributed by atoms with Crippen LogP contribution >= 0.6 is 0 Å². The number of phenolic OH excluding ortho intramolecular Hbond substituents is 2. The van der Waals surface area contributed by atoms with Gasteiger partial charge in [-0.15, -0.1) is 0 Å². The monoisotopic (exact) mass is 288 g/mol. The first-order valence-electron chi connectivity index (χ1n) is 6.69. The van der Waals surface area contributed by atoms with Gasteiger partial charge in [0, 0.05) is 17.5 Å². The highest BCUT2D eigenvalue weighted by molar-refractivity contribution is 5.54. The van der Waals surface area contributed by atoms with E-state index in [2.05, 4.69) is 0 Å². The first kappa shape index (κ1) is 15.0. The summed E-state index contributed by atoms with van der Waals surface area (Å²) in [6.07, 6.45) is 0.397. The number of aromatic hydroxyl groups is 2. The molecule has 0 bridgehead atoms. The molecule has 0 saturated carbocycles. The normalized spacial score (nSPS) is 10.5. The Bertz CT molecular complexity index is 605. The Balaban J connectivity index is 2.48. The molecule has 0 radical (unpaired) electrons. The molecule has 0 spiro atoms. The molecule has 0 aliphatic heterocycles. The quantitative estimate of drug-likeness (QED) is 0.906. The number of ether oxygens (including phenoxy) is 2. The zero-order chi connectivity index (χ0) is 15.6. The standard InChI is InChI=1S/C17H20O4/c1-10-5-12(16(18)14(7-10)20-3)9-13-6-11(2)8-15(21-4)17(13)19/h5-8,18-19H,9H2,1-4H3. The zero-order valence-corrected chi connectivity index (χ0v) is 12.7. The molecular formula is C17H20O4. The van der Waals surface area contributed by atoms with Gasteiger partial charge in [0.2, 0.25) is 0 Å². The minimum absolute atomic E-state index is 0.1000. The molecule has 0 unspecified atom stereocenters. The molecule has 2 aromatic carbocycles. The molecule has 2 N–H and O–H groups in total. The van der Waals surface area contributed by atoms with Crippen molar-refractivity contribution < 1.29 is 19.7 Å². The van der Waals surface area contributed by atoms with Gasteiger partial charge in [0.25, 0.3) is 0 Å². The molecule has 0 amide bonds. The van der Waals surface area contributed by atoms with Gasteiger partial charge in [-0.3, -0.25) is 0 Å². The summed E-state index contributed by atoms with van der Waals surface area (Å²) in [6.45, 7) is 3.87. The van der Waals surface area contributed by atoms with Crippen LogP contribution in [-0.2, 0) is 6.42 Å².